The molecule has 5 rings (SSSR count). The fourth-order valence-corrected chi connectivity index (χ4v) is 6.23. The van der Waals surface area contributed by atoms with Gasteiger partial charge in [-0.3, -0.25) is 0 Å². The van der Waals surface area contributed by atoms with Crippen molar-refractivity contribution in [2.24, 2.45) is 35.0 Å². The number of nitrogens with one attached hydrogen (secondary N) is 1. The van der Waals surface area contributed by atoms with E-state index in [2.05, 4.69) is 12.4 Å². The van der Waals surface area contributed by atoms with Crippen LogP contribution in [0.25, 0.3) is 0 Å². The van der Waals surface area contributed by atoms with Gasteiger partial charge in [-0.2, -0.15) is 0 Å². The molecular formula is C16H27N. The van der Waals surface area contributed by atoms with E-state index in [1.165, 1.54) is 19.4 Å². The molecule has 1 unspecified atom stereocenters. The van der Waals surface area contributed by atoms with Crippen molar-refractivity contribution in [1.82, 2.24) is 5.32 Å². The molecule has 0 aromatic rings. The van der Waals surface area contributed by atoms with Crippen molar-refractivity contribution in [1.29, 1.82) is 0 Å². The van der Waals surface area contributed by atoms with E-state index in [1.54, 1.807) is 38.5 Å². The maximum Gasteiger partial charge on any atom is -0.00156 e. The van der Waals surface area contributed by atoms with Crippen LogP contribution in [0.1, 0.15) is 51.4 Å². The van der Waals surface area contributed by atoms with Gasteiger partial charge in [0.1, 0.15) is 0 Å². The SMILES string of the molecule is CNCC(C1CC1)C12CC3CC(CC(C3)C1)C2. The second kappa shape index (κ2) is 3.73. The van der Waals surface area contributed by atoms with Gasteiger partial charge >= 0.3 is 0 Å². The Balaban J connectivity index is 1.61. The van der Waals surface area contributed by atoms with Gasteiger partial charge < -0.3 is 5.32 Å². The lowest BCUT2D eigenvalue weighted by Crippen LogP contribution is -2.52. The van der Waals surface area contributed by atoms with Crippen molar-refractivity contribution in [3.8, 4) is 0 Å². The zero-order valence-corrected chi connectivity index (χ0v) is 11.3. The monoisotopic (exact) mass is 233 g/mol. The zero-order valence-electron chi connectivity index (χ0n) is 11.3. The van der Waals surface area contributed by atoms with Gasteiger partial charge in [0, 0.05) is 0 Å². The van der Waals surface area contributed by atoms with Gasteiger partial charge in [-0.05, 0) is 100.0 Å². The molecule has 4 bridgehead atoms. The Labute approximate surface area is 106 Å². The summed E-state index contributed by atoms with van der Waals surface area (Å²) in [6.07, 6.45) is 12.6. The molecule has 0 aromatic carbocycles. The molecule has 0 saturated heterocycles. The molecule has 5 fully saturated rings. The fraction of sp³-hybridized carbons (Fsp3) is 1.00. The van der Waals surface area contributed by atoms with Crippen molar-refractivity contribution >= 4 is 0 Å². The molecular weight excluding hydrogens is 206 g/mol. The van der Waals surface area contributed by atoms with Crippen LogP contribution >= 0.6 is 0 Å². The highest BCUT2D eigenvalue weighted by Gasteiger charge is 2.56. The van der Waals surface area contributed by atoms with Crippen LogP contribution in [-0.4, -0.2) is 13.6 Å². The predicted octanol–water partition coefficient (Wildman–Crippen LogP) is 3.45. The highest BCUT2D eigenvalue weighted by Crippen LogP contribution is 2.65. The lowest BCUT2D eigenvalue weighted by molar-refractivity contribution is -0.0916. The lowest BCUT2D eigenvalue weighted by atomic mass is 9.46. The highest BCUT2D eigenvalue weighted by atomic mass is 14.8. The highest BCUT2D eigenvalue weighted by molar-refractivity contribution is 5.06. The molecule has 96 valence electrons. The summed E-state index contributed by atoms with van der Waals surface area (Å²) >= 11 is 0. The minimum atomic E-state index is 0.791. The number of rotatable bonds is 4. The standard InChI is InChI=1S/C16H27N/c1-17-10-15(14-2-3-14)16-7-11-4-12(8-16)6-13(5-11)9-16/h11-15,17H,2-10H2,1H3. The Kier molecular flexibility index (Phi) is 2.38. The summed E-state index contributed by atoms with van der Waals surface area (Å²) in [7, 11) is 2.16. The van der Waals surface area contributed by atoms with Crippen LogP contribution in [0, 0.1) is 35.0 Å². The van der Waals surface area contributed by atoms with Crippen molar-refractivity contribution in [3.63, 3.8) is 0 Å². The Bertz CT molecular complexity index is 269. The van der Waals surface area contributed by atoms with Gasteiger partial charge in [-0.15, -0.1) is 0 Å². The first-order valence-corrected chi connectivity index (χ1v) is 7.94. The van der Waals surface area contributed by atoms with E-state index < -0.39 is 0 Å². The van der Waals surface area contributed by atoms with Crippen LogP contribution in [0.3, 0.4) is 0 Å². The largest absolute Gasteiger partial charge is 0.319 e. The molecule has 0 amide bonds. The van der Waals surface area contributed by atoms with Gasteiger partial charge in [-0.1, -0.05) is 0 Å². The minimum Gasteiger partial charge on any atom is -0.319 e. The molecule has 0 radical (unpaired) electrons. The molecule has 5 saturated carbocycles. The maximum absolute atomic E-state index is 3.51. The summed E-state index contributed by atoms with van der Waals surface area (Å²) < 4.78 is 0. The van der Waals surface area contributed by atoms with Crippen LogP contribution in [0.4, 0.5) is 0 Å². The Morgan fingerprint density at radius 2 is 1.53 bits per heavy atom. The molecule has 0 aromatic heterocycles. The molecule has 1 nitrogen and oxygen atoms in total. The Hall–Kier alpha value is -0.0400. The summed E-state index contributed by atoms with van der Waals surface area (Å²) in [6, 6.07) is 0. The minimum absolute atomic E-state index is 0.791. The van der Waals surface area contributed by atoms with Crippen molar-refractivity contribution in [2.75, 3.05) is 13.6 Å². The summed E-state index contributed by atoms with van der Waals surface area (Å²) in [5.41, 5.74) is 0.791. The van der Waals surface area contributed by atoms with Crippen LogP contribution < -0.4 is 5.32 Å². The fourth-order valence-electron chi connectivity index (χ4n) is 6.23. The first-order chi connectivity index (χ1) is 8.29. The first-order valence-electron chi connectivity index (χ1n) is 7.94. The molecule has 5 aliphatic carbocycles. The summed E-state index contributed by atoms with van der Waals surface area (Å²) in [5, 5.41) is 3.51. The average molecular weight is 233 g/mol. The predicted molar refractivity (Wildman–Crippen MR) is 70.7 cm³/mol. The van der Waals surface area contributed by atoms with E-state index in [0.717, 1.165) is 35.0 Å². The summed E-state index contributed by atoms with van der Waals surface area (Å²) in [6.45, 7) is 1.30. The second-order valence-corrected chi connectivity index (χ2v) is 7.78. The van der Waals surface area contributed by atoms with Crippen LogP contribution in [-0.2, 0) is 0 Å². The van der Waals surface area contributed by atoms with E-state index in [1.807, 2.05) is 0 Å². The van der Waals surface area contributed by atoms with Gasteiger partial charge in [-0.25, -0.2) is 0 Å². The molecule has 1 N–H and O–H groups in total. The van der Waals surface area contributed by atoms with E-state index >= 15 is 0 Å². The lowest BCUT2D eigenvalue weighted by Gasteiger charge is -2.60. The molecule has 0 aliphatic heterocycles. The van der Waals surface area contributed by atoms with E-state index in [4.69, 9.17) is 0 Å². The van der Waals surface area contributed by atoms with E-state index in [9.17, 15) is 0 Å². The molecule has 0 spiro atoms. The smallest absolute Gasteiger partial charge is 0.00156 e. The normalized spacial score (nSPS) is 49.6. The third-order valence-corrected chi connectivity index (χ3v) is 6.49. The first kappa shape index (κ1) is 10.8. The van der Waals surface area contributed by atoms with Crippen LogP contribution in [0.2, 0.25) is 0 Å². The van der Waals surface area contributed by atoms with Gasteiger partial charge in [0.25, 0.3) is 0 Å². The van der Waals surface area contributed by atoms with Gasteiger partial charge in [0.15, 0.2) is 0 Å². The van der Waals surface area contributed by atoms with Crippen LogP contribution in [0.5, 0.6) is 0 Å². The molecule has 1 heteroatoms. The Morgan fingerprint density at radius 1 is 1.00 bits per heavy atom. The van der Waals surface area contributed by atoms with Crippen molar-refractivity contribution < 1.29 is 0 Å². The molecule has 17 heavy (non-hydrogen) atoms. The second-order valence-electron chi connectivity index (χ2n) is 7.78. The maximum atomic E-state index is 3.51. The third kappa shape index (κ3) is 1.69. The molecule has 1 atom stereocenters. The quantitative estimate of drug-likeness (QED) is 0.784. The van der Waals surface area contributed by atoms with Gasteiger partial charge in [0.2, 0.25) is 0 Å². The number of hydrogen-bond donors (Lipinski definition) is 1. The molecule has 5 aliphatic rings. The topological polar surface area (TPSA) is 12.0 Å². The zero-order chi connectivity index (χ0) is 11.5. The van der Waals surface area contributed by atoms with Crippen molar-refractivity contribution in [3.05, 3.63) is 0 Å². The molecule has 0 heterocycles. The van der Waals surface area contributed by atoms with E-state index in [0.29, 0.717) is 0 Å². The Morgan fingerprint density at radius 3 is 1.94 bits per heavy atom. The summed E-state index contributed by atoms with van der Waals surface area (Å²) in [4.78, 5) is 0. The van der Waals surface area contributed by atoms with Gasteiger partial charge in [0.05, 0.1) is 0 Å². The van der Waals surface area contributed by atoms with Crippen LogP contribution in [0.15, 0.2) is 0 Å². The summed E-state index contributed by atoms with van der Waals surface area (Å²) in [5.74, 6) is 5.50. The van der Waals surface area contributed by atoms with E-state index in [-0.39, 0.29) is 0 Å². The number of hydrogen-bond acceptors (Lipinski definition) is 1. The van der Waals surface area contributed by atoms with Crippen molar-refractivity contribution in [2.45, 2.75) is 51.4 Å². The third-order valence-electron chi connectivity index (χ3n) is 6.49. The average Bonchev–Trinajstić information content (AvgIpc) is 3.07.